The number of hydrogen-bond acceptors (Lipinski definition) is 3. The van der Waals surface area contributed by atoms with Crippen molar-refractivity contribution in [2.45, 2.75) is 19.5 Å². The van der Waals surface area contributed by atoms with Crippen LogP contribution in [0, 0.1) is 5.82 Å². The van der Waals surface area contributed by atoms with Crippen LogP contribution >= 0.6 is 0 Å². The van der Waals surface area contributed by atoms with E-state index in [1.807, 2.05) is 12.1 Å². The average molecular weight is 370 g/mol. The lowest BCUT2D eigenvalue weighted by Crippen LogP contribution is -2.44. The van der Waals surface area contributed by atoms with E-state index in [1.54, 1.807) is 57.5 Å². The first kappa shape index (κ1) is 20.2. The Balaban J connectivity index is 1.89. The number of carbonyl (C=O) groups excluding carboxylic acids is 2. The van der Waals surface area contributed by atoms with Crippen LogP contribution in [0.25, 0.3) is 6.08 Å². The van der Waals surface area contributed by atoms with Crippen molar-refractivity contribution in [2.75, 3.05) is 14.2 Å². The number of rotatable bonds is 7. The van der Waals surface area contributed by atoms with Crippen LogP contribution in [0.4, 0.5) is 4.39 Å². The van der Waals surface area contributed by atoms with E-state index in [2.05, 4.69) is 5.32 Å². The maximum absolute atomic E-state index is 13.7. The SMILES string of the molecule is COc1ccc(/C=C/C(=O)NC(C)C(=O)N(C)Cc2ccccc2F)cc1. The van der Waals surface area contributed by atoms with E-state index in [4.69, 9.17) is 4.74 Å². The quantitative estimate of drug-likeness (QED) is 0.763. The molecule has 0 saturated carbocycles. The number of amides is 2. The molecule has 27 heavy (non-hydrogen) atoms. The van der Waals surface area contributed by atoms with E-state index < -0.39 is 6.04 Å². The molecule has 0 saturated heterocycles. The Kier molecular flexibility index (Phi) is 7.11. The normalized spacial score (nSPS) is 11.9. The van der Waals surface area contributed by atoms with Crippen LogP contribution in [0.5, 0.6) is 5.75 Å². The summed E-state index contributed by atoms with van der Waals surface area (Å²) >= 11 is 0. The Morgan fingerprint density at radius 3 is 2.48 bits per heavy atom. The van der Waals surface area contributed by atoms with Crippen LogP contribution in [0.1, 0.15) is 18.1 Å². The fourth-order valence-corrected chi connectivity index (χ4v) is 2.50. The lowest BCUT2D eigenvalue weighted by Gasteiger charge is -2.22. The maximum atomic E-state index is 13.7. The molecule has 1 N–H and O–H groups in total. The largest absolute Gasteiger partial charge is 0.497 e. The van der Waals surface area contributed by atoms with Gasteiger partial charge >= 0.3 is 0 Å². The molecule has 0 heterocycles. The summed E-state index contributed by atoms with van der Waals surface area (Å²) in [5.74, 6) is -0.319. The standard InChI is InChI=1S/C21H23FN2O3/c1-15(21(26)24(2)14-17-6-4-5-7-19(17)22)23-20(25)13-10-16-8-11-18(27-3)12-9-16/h4-13,15H,14H2,1-3H3,(H,23,25)/b13-10+. The van der Waals surface area contributed by atoms with Crippen molar-refractivity contribution in [1.82, 2.24) is 10.2 Å². The third-order valence-corrected chi connectivity index (χ3v) is 4.01. The third kappa shape index (κ3) is 5.95. The molecule has 0 aliphatic carbocycles. The van der Waals surface area contributed by atoms with Gasteiger partial charge in [-0.05, 0) is 36.8 Å². The second-order valence-electron chi connectivity index (χ2n) is 6.12. The zero-order valence-electron chi connectivity index (χ0n) is 15.6. The number of hydrogen-bond donors (Lipinski definition) is 1. The molecule has 1 unspecified atom stereocenters. The number of nitrogens with one attached hydrogen (secondary N) is 1. The molecule has 6 heteroatoms. The van der Waals surface area contributed by atoms with Crippen LogP contribution in [0.2, 0.25) is 0 Å². The molecule has 5 nitrogen and oxygen atoms in total. The molecule has 2 rings (SSSR count). The summed E-state index contributed by atoms with van der Waals surface area (Å²) in [6, 6.07) is 12.8. The fourth-order valence-electron chi connectivity index (χ4n) is 2.50. The molecule has 0 spiro atoms. The van der Waals surface area contributed by atoms with Gasteiger partial charge in [-0.1, -0.05) is 30.3 Å². The molecule has 0 fully saturated rings. The van der Waals surface area contributed by atoms with Crippen LogP contribution < -0.4 is 10.1 Å². The third-order valence-electron chi connectivity index (χ3n) is 4.01. The molecule has 2 aromatic carbocycles. The van der Waals surface area contributed by atoms with Crippen molar-refractivity contribution in [3.05, 3.63) is 71.6 Å². The van der Waals surface area contributed by atoms with Crippen molar-refractivity contribution in [1.29, 1.82) is 0 Å². The number of benzene rings is 2. The van der Waals surface area contributed by atoms with E-state index in [-0.39, 0.29) is 24.2 Å². The van der Waals surface area contributed by atoms with Gasteiger partial charge in [-0.2, -0.15) is 0 Å². The molecule has 142 valence electrons. The van der Waals surface area contributed by atoms with Crippen molar-refractivity contribution in [3.63, 3.8) is 0 Å². The minimum Gasteiger partial charge on any atom is -0.497 e. The molecule has 0 aliphatic rings. The Morgan fingerprint density at radius 2 is 1.85 bits per heavy atom. The number of halogens is 1. The Labute approximate surface area is 158 Å². The van der Waals surface area contributed by atoms with E-state index in [0.717, 1.165) is 11.3 Å². The highest BCUT2D eigenvalue weighted by Crippen LogP contribution is 2.12. The number of methoxy groups -OCH3 is 1. The summed E-state index contributed by atoms with van der Waals surface area (Å²) in [4.78, 5) is 25.8. The van der Waals surface area contributed by atoms with Gasteiger partial charge in [-0.3, -0.25) is 9.59 Å². The zero-order valence-corrected chi connectivity index (χ0v) is 15.6. The molecule has 2 aromatic rings. The van der Waals surface area contributed by atoms with Crippen molar-refractivity contribution in [3.8, 4) is 5.75 Å². The van der Waals surface area contributed by atoms with Crippen molar-refractivity contribution in [2.24, 2.45) is 0 Å². The number of likely N-dealkylation sites (N-methyl/N-ethyl adjacent to an activating group) is 1. The summed E-state index contributed by atoms with van der Waals surface area (Å²) in [5, 5.41) is 2.62. The molecule has 0 aromatic heterocycles. The molecular formula is C21H23FN2O3. The van der Waals surface area contributed by atoms with Gasteiger partial charge in [-0.15, -0.1) is 0 Å². The van der Waals surface area contributed by atoms with Gasteiger partial charge < -0.3 is 15.0 Å². The minimum absolute atomic E-state index is 0.132. The van der Waals surface area contributed by atoms with Gasteiger partial charge in [0, 0.05) is 25.2 Å². The highest BCUT2D eigenvalue weighted by Gasteiger charge is 2.19. The molecule has 0 radical (unpaired) electrons. The summed E-state index contributed by atoms with van der Waals surface area (Å²) in [5.41, 5.74) is 1.26. The lowest BCUT2D eigenvalue weighted by molar-refractivity contribution is -0.134. The summed E-state index contributed by atoms with van der Waals surface area (Å²) < 4.78 is 18.8. The average Bonchev–Trinajstić information content (AvgIpc) is 2.67. The topological polar surface area (TPSA) is 58.6 Å². The van der Waals surface area contributed by atoms with E-state index in [1.165, 1.54) is 17.0 Å². The first-order chi connectivity index (χ1) is 12.9. The Hall–Kier alpha value is -3.15. The van der Waals surface area contributed by atoms with E-state index in [0.29, 0.717) is 5.56 Å². The molecule has 0 bridgehead atoms. The van der Waals surface area contributed by atoms with E-state index >= 15 is 0 Å². The summed E-state index contributed by atoms with van der Waals surface area (Å²) in [7, 11) is 3.16. The Bertz CT molecular complexity index is 818. The van der Waals surface area contributed by atoms with Gasteiger partial charge in [-0.25, -0.2) is 4.39 Å². The summed E-state index contributed by atoms with van der Waals surface area (Å²) in [6.45, 7) is 1.73. The first-order valence-electron chi connectivity index (χ1n) is 8.51. The monoisotopic (exact) mass is 370 g/mol. The van der Waals surface area contributed by atoms with Gasteiger partial charge in [0.1, 0.15) is 17.6 Å². The Morgan fingerprint density at radius 1 is 1.19 bits per heavy atom. The van der Waals surface area contributed by atoms with Gasteiger partial charge in [0.25, 0.3) is 0 Å². The number of carbonyl (C=O) groups is 2. The number of nitrogens with zero attached hydrogens (tertiary/aromatic N) is 1. The van der Waals surface area contributed by atoms with Crippen molar-refractivity contribution < 1.29 is 18.7 Å². The fraction of sp³-hybridized carbons (Fsp3) is 0.238. The van der Waals surface area contributed by atoms with E-state index in [9.17, 15) is 14.0 Å². The highest BCUT2D eigenvalue weighted by molar-refractivity contribution is 5.95. The van der Waals surface area contributed by atoms with Crippen molar-refractivity contribution >= 4 is 17.9 Å². The highest BCUT2D eigenvalue weighted by atomic mass is 19.1. The van der Waals surface area contributed by atoms with Gasteiger partial charge in [0.2, 0.25) is 11.8 Å². The van der Waals surface area contributed by atoms with Crippen LogP contribution in [-0.2, 0) is 16.1 Å². The molecule has 2 amide bonds. The number of ether oxygens (including phenoxy) is 1. The smallest absolute Gasteiger partial charge is 0.244 e. The lowest BCUT2D eigenvalue weighted by atomic mass is 10.2. The summed E-state index contributed by atoms with van der Waals surface area (Å²) in [6.07, 6.45) is 3.01. The molecular weight excluding hydrogens is 347 g/mol. The maximum Gasteiger partial charge on any atom is 0.244 e. The second kappa shape index (κ2) is 9.52. The van der Waals surface area contributed by atoms with Crippen LogP contribution in [-0.4, -0.2) is 36.9 Å². The minimum atomic E-state index is -0.727. The predicted molar refractivity (Wildman–Crippen MR) is 103 cm³/mol. The second-order valence-corrected chi connectivity index (χ2v) is 6.12. The van der Waals surface area contributed by atoms with Crippen LogP contribution in [0.3, 0.4) is 0 Å². The first-order valence-corrected chi connectivity index (χ1v) is 8.51. The van der Waals surface area contributed by atoms with Gasteiger partial charge in [0.05, 0.1) is 7.11 Å². The van der Waals surface area contributed by atoms with Crippen LogP contribution in [0.15, 0.2) is 54.6 Å². The predicted octanol–water partition coefficient (Wildman–Crippen LogP) is 3.01. The zero-order chi connectivity index (χ0) is 19.8. The van der Waals surface area contributed by atoms with Gasteiger partial charge in [0.15, 0.2) is 0 Å². The molecule has 1 atom stereocenters. The molecule has 0 aliphatic heterocycles.